The summed E-state index contributed by atoms with van der Waals surface area (Å²) in [4.78, 5) is 19.1. The van der Waals surface area contributed by atoms with Gasteiger partial charge in [0.05, 0.1) is 28.1 Å². The summed E-state index contributed by atoms with van der Waals surface area (Å²) in [5, 5.41) is 10.9. The van der Waals surface area contributed by atoms with E-state index < -0.39 is 0 Å². The Hall–Kier alpha value is -2.21. The van der Waals surface area contributed by atoms with Crippen molar-refractivity contribution in [1.29, 1.82) is 0 Å². The number of hydrogen-bond acceptors (Lipinski definition) is 4. The number of methoxy groups -OCH3 is 1. The highest BCUT2D eigenvalue weighted by Gasteiger charge is 2.11. The van der Waals surface area contributed by atoms with E-state index in [4.69, 9.17) is 39.5 Å². The van der Waals surface area contributed by atoms with Gasteiger partial charge in [-0.25, -0.2) is 4.98 Å². The molecule has 0 saturated carbocycles. The first-order valence-electron chi connectivity index (χ1n) is 7.02. The lowest BCUT2D eigenvalue weighted by Crippen LogP contribution is -2.10. The zero-order chi connectivity index (χ0) is 18.1. The van der Waals surface area contributed by atoms with E-state index in [9.17, 15) is 9.90 Å². The van der Waals surface area contributed by atoms with E-state index in [-0.39, 0.29) is 32.9 Å². The lowest BCUT2D eigenvalue weighted by Gasteiger charge is -2.07. The van der Waals surface area contributed by atoms with E-state index in [2.05, 4.69) is 9.97 Å². The van der Waals surface area contributed by atoms with E-state index in [0.717, 1.165) is 0 Å². The van der Waals surface area contributed by atoms with Crippen LogP contribution in [0.1, 0.15) is 11.4 Å². The predicted octanol–water partition coefficient (Wildman–Crippen LogP) is 4.68. The van der Waals surface area contributed by atoms with Crippen molar-refractivity contribution in [3.8, 4) is 11.5 Å². The van der Waals surface area contributed by atoms with Gasteiger partial charge in [-0.1, -0.05) is 34.8 Å². The number of benzene rings is 2. The molecule has 0 unspecified atom stereocenters. The zero-order valence-corrected chi connectivity index (χ0v) is 15.1. The minimum atomic E-state index is -0.352. The SMILES string of the molecule is COc1cc(/C=C(\Cl)c2nc3ccc(Cl)cc3c(=O)[nH]2)cc(Cl)c1O. The number of aromatic hydroxyl groups is 1. The Labute approximate surface area is 157 Å². The Balaban J connectivity index is 2.09. The molecule has 25 heavy (non-hydrogen) atoms. The number of nitrogens with one attached hydrogen (secondary N) is 1. The second-order valence-corrected chi connectivity index (χ2v) is 6.37. The van der Waals surface area contributed by atoms with Crippen molar-refractivity contribution < 1.29 is 9.84 Å². The van der Waals surface area contributed by atoms with E-state index in [1.165, 1.54) is 19.2 Å². The zero-order valence-electron chi connectivity index (χ0n) is 12.8. The molecule has 0 fully saturated rings. The Kier molecular flexibility index (Phi) is 4.90. The molecule has 0 amide bonds. The van der Waals surface area contributed by atoms with Crippen LogP contribution in [0.4, 0.5) is 0 Å². The molecule has 0 aliphatic heterocycles. The van der Waals surface area contributed by atoms with Gasteiger partial charge in [-0.15, -0.1) is 0 Å². The van der Waals surface area contributed by atoms with Crippen LogP contribution in [0.15, 0.2) is 35.1 Å². The number of aromatic nitrogens is 2. The maximum atomic E-state index is 12.2. The topological polar surface area (TPSA) is 75.2 Å². The van der Waals surface area contributed by atoms with E-state index >= 15 is 0 Å². The van der Waals surface area contributed by atoms with E-state index in [1.807, 2.05) is 0 Å². The molecule has 1 aromatic heterocycles. The Morgan fingerprint density at radius 3 is 2.76 bits per heavy atom. The number of rotatable bonds is 3. The molecule has 3 aromatic rings. The first-order valence-corrected chi connectivity index (χ1v) is 8.16. The lowest BCUT2D eigenvalue weighted by atomic mass is 10.2. The van der Waals surface area contributed by atoms with Gasteiger partial charge < -0.3 is 14.8 Å². The van der Waals surface area contributed by atoms with Crippen molar-refractivity contribution in [2.75, 3.05) is 7.11 Å². The van der Waals surface area contributed by atoms with Crippen LogP contribution in [0.3, 0.4) is 0 Å². The number of H-pyrrole nitrogens is 1. The van der Waals surface area contributed by atoms with Gasteiger partial charge in [-0.05, 0) is 42.0 Å². The highest BCUT2D eigenvalue weighted by atomic mass is 35.5. The molecule has 0 aliphatic carbocycles. The van der Waals surface area contributed by atoms with Crippen LogP contribution in [-0.2, 0) is 0 Å². The van der Waals surface area contributed by atoms with Crippen molar-refractivity contribution in [3.05, 3.63) is 62.1 Å². The number of hydrogen-bond donors (Lipinski definition) is 2. The highest BCUT2D eigenvalue weighted by Crippen LogP contribution is 2.36. The Morgan fingerprint density at radius 1 is 1.28 bits per heavy atom. The largest absolute Gasteiger partial charge is 0.503 e. The van der Waals surface area contributed by atoms with Gasteiger partial charge in [-0.3, -0.25) is 4.79 Å². The summed E-state index contributed by atoms with van der Waals surface area (Å²) in [6, 6.07) is 7.89. The maximum absolute atomic E-state index is 12.2. The molecule has 1 heterocycles. The van der Waals surface area contributed by atoms with Crippen LogP contribution in [0, 0.1) is 0 Å². The monoisotopic (exact) mass is 396 g/mol. The molecule has 3 rings (SSSR count). The van der Waals surface area contributed by atoms with E-state index in [0.29, 0.717) is 21.5 Å². The molecule has 128 valence electrons. The lowest BCUT2D eigenvalue weighted by molar-refractivity contribution is 0.373. The quantitative estimate of drug-likeness (QED) is 0.673. The molecule has 0 radical (unpaired) electrons. The third-order valence-electron chi connectivity index (χ3n) is 3.46. The average molecular weight is 398 g/mol. The minimum absolute atomic E-state index is 0.115. The first-order chi connectivity index (χ1) is 11.9. The van der Waals surface area contributed by atoms with E-state index in [1.54, 1.807) is 24.3 Å². The maximum Gasteiger partial charge on any atom is 0.259 e. The standard InChI is InChI=1S/C17H11Cl3N2O3/c1-25-14-6-8(4-11(19)15(14)23)5-12(20)16-21-13-3-2-9(18)7-10(13)17(24)22-16/h2-7,23H,1H3,(H,21,22,24)/b12-5-. The van der Waals surface area contributed by atoms with Crippen LogP contribution in [0.25, 0.3) is 22.0 Å². The summed E-state index contributed by atoms with van der Waals surface area (Å²) >= 11 is 18.1. The first kappa shape index (κ1) is 17.6. The van der Waals surface area contributed by atoms with Crippen molar-refractivity contribution in [2.24, 2.45) is 0 Å². The predicted molar refractivity (Wildman–Crippen MR) is 101 cm³/mol. The molecule has 0 saturated heterocycles. The van der Waals surface area contributed by atoms with Crippen LogP contribution in [0.5, 0.6) is 11.5 Å². The van der Waals surface area contributed by atoms with Crippen molar-refractivity contribution in [3.63, 3.8) is 0 Å². The fourth-order valence-corrected chi connectivity index (χ4v) is 2.88. The van der Waals surface area contributed by atoms with Crippen LogP contribution in [-0.4, -0.2) is 22.2 Å². The van der Waals surface area contributed by atoms with Crippen LogP contribution >= 0.6 is 34.8 Å². The third kappa shape index (κ3) is 3.58. The number of halogens is 3. The number of nitrogens with zero attached hydrogens (tertiary/aromatic N) is 1. The summed E-state index contributed by atoms with van der Waals surface area (Å²) in [5.41, 5.74) is 0.690. The summed E-state index contributed by atoms with van der Waals surface area (Å²) in [6.07, 6.45) is 1.55. The van der Waals surface area contributed by atoms with Gasteiger partial charge in [0.15, 0.2) is 17.3 Å². The molecule has 2 aromatic carbocycles. The van der Waals surface area contributed by atoms with Crippen LogP contribution < -0.4 is 10.3 Å². The fraction of sp³-hybridized carbons (Fsp3) is 0.0588. The molecular weight excluding hydrogens is 387 g/mol. The van der Waals surface area contributed by atoms with Crippen molar-refractivity contribution in [1.82, 2.24) is 9.97 Å². The normalized spacial score (nSPS) is 11.8. The van der Waals surface area contributed by atoms with Crippen LogP contribution in [0.2, 0.25) is 10.0 Å². The Bertz CT molecular complexity index is 1060. The van der Waals surface area contributed by atoms with Gasteiger partial charge in [0.1, 0.15) is 0 Å². The number of fused-ring (bicyclic) bond motifs is 1. The molecule has 0 spiro atoms. The van der Waals surface area contributed by atoms with Gasteiger partial charge in [-0.2, -0.15) is 0 Å². The molecule has 0 aliphatic rings. The summed E-state index contributed by atoms with van der Waals surface area (Å²) in [5.74, 6) is 0.244. The number of phenols is 1. The summed E-state index contributed by atoms with van der Waals surface area (Å²) in [6.45, 7) is 0. The minimum Gasteiger partial charge on any atom is -0.503 e. The van der Waals surface area contributed by atoms with Gasteiger partial charge in [0.2, 0.25) is 0 Å². The second kappa shape index (κ2) is 6.96. The molecule has 2 N–H and O–H groups in total. The smallest absolute Gasteiger partial charge is 0.259 e. The second-order valence-electron chi connectivity index (χ2n) is 5.12. The number of aromatic amines is 1. The fourth-order valence-electron chi connectivity index (χ4n) is 2.27. The molecular formula is C17H11Cl3N2O3. The molecule has 8 heteroatoms. The molecule has 5 nitrogen and oxygen atoms in total. The van der Waals surface area contributed by atoms with Crippen molar-refractivity contribution in [2.45, 2.75) is 0 Å². The number of ether oxygens (including phenoxy) is 1. The van der Waals surface area contributed by atoms with Gasteiger partial charge >= 0.3 is 0 Å². The Morgan fingerprint density at radius 2 is 2.04 bits per heavy atom. The van der Waals surface area contributed by atoms with Gasteiger partial charge in [0.25, 0.3) is 5.56 Å². The molecule has 0 atom stereocenters. The third-order valence-corrected chi connectivity index (χ3v) is 4.27. The molecule has 0 bridgehead atoms. The highest BCUT2D eigenvalue weighted by molar-refractivity contribution is 6.50. The average Bonchev–Trinajstić information content (AvgIpc) is 2.58. The summed E-state index contributed by atoms with van der Waals surface area (Å²) in [7, 11) is 1.41. The summed E-state index contributed by atoms with van der Waals surface area (Å²) < 4.78 is 5.05. The van der Waals surface area contributed by atoms with Crippen molar-refractivity contribution >= 4 is 56.8 Å². The van der Waals surface area contributed by atoms with Gasteiger partial charge in [0, 0.05) is 5.02 Å². The number of phenolic OH excluding ortho intramolecular Hbond substituents is 1.